The lowest BCUT2D eigenvalue weighted by atomic mass is 10.1. The van der Waals surface area contributed by atoms with Crippen molar-refractivity contribution in [2.45, 2.75) is 19.4 Å². The molecule has 0 bridgehead atoms. The molecule has 0 fully saturated rings. The topological polar surface area (TPSA) is 32.3 Å². The smallest absolute Gasteiger partial charge is 0.262 e. The number of hydrogen-bond acceptors (Lipinski definition) is 2. The molecule has 0 aromatic rings. The van der Waals surface area contributed by atoms with E-state index in [-0.39, 0.29) is 11.9 Å². The SMILES string of the molecule is C=C(C(=O)NCl)C(CC)N(C)C. The van der Waals surface area contributed by atoms with Crippen molar-refractivity contribution in [1.82, 2.24) is 9.74 Å². The molecule has 0 saturated carbocycles. The third-order valence-electron chi connectivity index (χ3n) is 1.79. The highest BCUT2D eigenvalue weighted by molar-refractivity contribution is 6.24. The van der Waals surface area contributed by atoms with Gasteiger partial charge in [0.15, 0.2) is 0 Å². The summed E-state index contributed by atoms with van der Waals surface area (Å²) in [6.45, 7) is 5.68. The molecule has 1 N–H and O–H groups in total. The van der Waals surface area contributed by atoms with Gasteiger partial charge in [0.1, 0.15) is 0 Å². The molecule has 3 nitrogen and oxygen atoms in total. The number of amides is 1. The molecule has 0 spiro atoms. The van der Waals surface area contributed by atoms with Crippen molar-refractivity contribution in [2.24, 2.45) is 0 Å². The van der Waals surface area contributed by atoms with Crippen LogP contribution in [0.3, 0.4) is 0 Å². The first-order valence-electron chi connectivity index (χ1n) is 3.80. The standard InChI is InChI=1S/C8H15ClN2O/c1-5-7(11(3)4)6(2)8(12)10-9/h7H,2,5H2,1,3-4H3,(H,10,12). The second-order valence-electron chi connectivity index (χ2n) is 2.84. The van der Waals surface area contributed by atoms with Gasteiger partial charge < -0.3 is 4.90 Å². The maximum atomic E-state index is 11.0. The number of rotatable bonds is 4. The predicted octanol–water partition coefficient (Wildman–Crippen LogP) is 1.15. The summed E-state index contributed by atoms with van der Waals surface area (Å²) in [5, 5.41) is 0. The Morgan fingerprint density at radius 3 is 2.42 bits per heavy atom. The fraction of sp³-hybridized carbons (Fsp3) is 0.625. The Balaban J connectivity index is 4.32. The molecule has 0 radical (unpaired) electrons. The normalized spacial score (nSPS) is 12.8. The van der Waals surface area contributed by atoms with E-state index in [2.05, 4.69) is 6.58 Å². The summed E-state index contributed by atoms with van der Waals surface area (Å²) in [5.74, 6) is -0.308. The summed E-state index contributed by atoms with van der Waals surface area (Å²) >= 11 is 5.17. The van der Waals surface area contributed by atoms with Crippen LogP contribution in [0.4, 0.5) is 0 Å². The Labute approximate surface area is 78.5 Å². The summed E-state index contributed by atoms with van der Waals surface area (Å²) in [7, 11) is 3.81. The third-order valence-corrected chi connectivity index (χ3v) is 1.96. The van der Waals surface area contributed by atoms with Crippen LogP contribution in [0.5, 0.6) is 0 Å². The molecule has 0 aliphatic carbocycles. The maximum Gasteiger partial charge on any atom is 0.262 e. The molecule has 0 aromatic carbocycles. The average Bonchev–Trinajstić information content (AvgIpc) is 2.03. The number of likely N-dealkylation sites (N-methyl/N-ethyl adjacent to an activating group) is 1. The van der Waals surface area contributed by atoms with Crippen molar-refractivity contribution < 1.29 is 4.79 Å². The molecular weight excluding hydrogens is 176 g/mol. The van der Waals surface area contributed by atoms with Gasteiger partial charge in [-0.05, 0) is 20.5 Å². The molecule has 0 aromatic heterocycles. The van der Waals surface area contributed by atoms with Crippen LogP contribution < -0.4 is 4.84 Å². The van der Waals surface area contributed by atoms with Crippen molar-refractivity contribution in [2.75, 3.05) is 14.1 Å². The maximum absolute atomic E-state index is 11.0. The van der Waals surface area contributed by atoms with E-state index in [0.29, 0.717) is 5.57 Å². The Morgan fingerprint density at radius 1 is 1.67 bits per heavy atom. The molecule has 0 aliphatic heterocycles. The zero-order valence-corrected chi connectivity index (χ0v) is 8.48. The molecule has 70 valence electrons. The highest BCUT2D eigenvalue weighted by Gasteiger charge is 2.18. The minimum Gasteiger partial charge on any atom is -0.302 e. The largest absolute Gasteiger partial charge is 0.302 e. The molecule has 12 heavy (non-hydrogen) atoms. The molecule has 1 unspecified atom stereocenters. The van der Waals surface area contributed by atoms with Gasteiger partial charge in [0.05, 0.1) is 0 Å². The van der Waals surface area contributed by atoms with Crippen LogP contribution >= 0.6 is 11.8 Å². The second-order valence-corrected chi connectivity index (χ2v) is 3.03. The number of hydrogen-bond donors (Lipinski definition) is 1. The van der Waals surface area contributed by atoms with Crippen molar-refractivity contribution in [1.29, 1.82) is 0 Å². The summed E-state index contributed by atoms with van der Waals surface area (Å²) < 4.78 is 0. The van der Waals surface area contributed by atoms with Crippen LogP contribution in [0.2, 0.25) is 0 Å². The Morgan fingerprint density at radius 2 is 2.17 bits per heavy atom. The molecular formula is C8H15ClN2O. The molecule has 1 amide bonds. The molecule has 0 heterocycles. The summed E-state index contributed by atoms with van der Waals surface area (Å²) in [6.07, 6.45) is 0.843. The van der Waals surface area contributed by atoms with Crippen molar-refractivity contribution >= 4 is 17.7 Å². The lowest BCUT2D eigenvalue weighted by Gasteiger charge is -2.23. The third kappa shape index (κ3) is 2.83. The monoisotopic (exact) mass is 190 g/mol. The van der Waals surface area contributed by atoms with Crippen LogP contribution in [-0.2, 0) is 4.79 Å². The van der Waals surface area contributed by atoms with Gasteiger partial charge >= 0.3 is 0 Å². The highest BCUT2D eigenvalue weighted by atomic mass is 35.5. The Kier molecular flexibility index (Phi) is 4.93. The fourth-order valence-electron chi connectivity index (χ4n) is 1.14. The number of carbonyl (C=O) groups excluding carboxylic acids is 1. The number of halogens is 1. The summed E-state index contributed by atoms with van der Waals surface area (Å²) in [5.41, 5.74) is 0.498. The van der Waals surface area contributed by atoms with E-state index in [1.54, 1.807) is 0 Å². The van der Waals surface area contributed by atoms with Crippen LogP contribution in [0.25, 0.3) is 0 Å². The van der Waals surface area contributed by atoms with Gasteiger partial charge in [0, 0.05) is 23.4 Å². The van der Waals surface area contributed by atoms with E-state index in [1.165, 1.54) is 0 Å². The number of nitrogens with zero attached hydrogens (tertiary/aromatic N) is 1. The number of nitrogens with one attached hydrogen (secondary N) is 1. The van der Waals surface area contributed by atoms with E-state index in [4.69, 9.17) is 11.8 Å². The van der Waals surface area contributed by atoms with Crippen molar-refractivity contribution in [3.63, 3.8) is 0 Å². The fourth-order valence-corrected chi connectivity index (χ4v) is 1.26. The second kappa shape index (κ2) is 5.17. The van der Waals surface area contributed by atoms with Crippen molar-refractivity contribution in [3.8, 4) is 0 Å². The van der Waals surface area contributed by atoms with E-state index < -0.39 is 0 Å². The van der Waals surface area contributed by atoms with Crippen LogP contribution in [-0.4, -0.2) is 30.9 Å². The number of carbonyl (C=O) groups is 1. The zero-order chi connectivity index (χ0) is 9.72. The molecule has 1 atom stereocenters. The van der Waals surface area contributed by atoms with E-state index >= 15 is 0 Å². The van der Waals surface area contributed by atoms with Crippen LogP contribution in [0.15, 0.2) is 12.2 Å². The quantitative estimate of drug-likeness (QED) is 0.533. The Hall–Kier alpha value is -0.540. The first kappa shape index (κ1) is 11.5. The van der Waals surface area contributed by atoms with Gasteiger partial charge in [-0.25, -0.2) is 0 Å². The zero-order valence-electron chi connectivity index (χ0n) is 7.72. The van der Waals surface area contributed by atoms with Gasteiger partial charge in [-0.15, -0.1) is 0 Å². The molecule has 0 saturated heterocycles. The van der Waals surface area contributed by atoms with Gasteiger partial charge in [-0.1, -0.05) is 13.5 Å². The van der Waals surface area contributed by atoms with Crippen LogP contribution in [0, 0.1) is 0 Å². The average molecular weight is 191 g/mol. The summed E-state index contributed by atoms with van der Waals surface area (Å²) in [6, 6.07) is 0.0590. The Bertz CT molecular complexity index is 180. The minimum absolute atomic E-state index is 0.0590. The van der Waals surface area contributed by atoms with E-state index in [9.17, 15) is 4.79 Å². The lowest BCUT2D eigenvalue weighted by Crippen LogP contribution is -2.34. The first-order chi connectivity index (χ1) is 5.54. The highest BCUT2D eigenvalue weighted by Crippen LogP contribution is 2.09. The molecule has 0 aliphatic rings. The summed E-state index contributed by atoms with van der Waals surface area (Å²) in [4.78, 5) is 15.0. The van der Waals surface area contributed by atoms with E-state index in [1.807, 2.05) is 30.8 Å². The predicted molar refractivity (Wildman–Crippen MR) is 50.9 cm³/mol. The van der Waals surface area contributed by atoms with Crippen molar-refractivity contribution in [3.05, 3.63) is 12.2 Å². The van der Waals surface area contributed by atoms with E-state index in [0.717, 1.165) is 6.42 Å². The first-order valence-corrected chi connectivity index (χ1v) is 4.18. The van der Waals surface area contributed by atoms with Gasteiger partial charge in [0.25, 0.3) is 5.91 Å². The van der Waals surface area contributed by atoms with Crippen LogP contribution in [0.1, 0.15) is 13.3 Å². The molecule has 0 rings (SSSR count). The van der Waals surface area contributed by atoms with Gasteiger partial charge in [0.2, 0.25) is 0 Å². The van der Waals surface area contributed by atoms with Gasteiger partial charge in [-0.2, -0.15) is 0 Å². The minimum atomic E-state index is -0.308. The van der Waals surface area contributed by atoms with Gasteiger partial charge in [-0.3, -0.25) is 9.63 Å². The lowest BCUT2D eigenvalue weighted by molar-refractivity contribution is -0.116. The molecule has 4 heteroatoms.